The molecule has 1 heterocycles. The van der Waals surface area contributed by atoms with Crippen LogP contribution in [-0.2, 0) is 13.2 Å². The Morgan fingerprint density at radius 3 is 2.53 bits per heavy atom. The van der Waals surface area contributed by atoms with Gasteiger partial charge in [0.25, 0.3) is 0 Å². The molecule has 3 aromatic rings. The van der Waals surface area contributed by atoms with Gasteiger partial charge in [0.05, 0.1) is 0 Å². The van der Waals surface area contributed by atoms with E-state index >= 15 is 0 Å². The molecule has 0 saturated carbocycles. The molecule has 2 aromatic carbocycles. The predicted molar refractivity (Wildman–Crippen MR) is 150 cm³/mol. The smallest absolute Gasteiger partial charge is 0.120 e. The van der Waals surface area contributed by atoms with E-state index in [0.29, 0.717) is 6.61 Å². The number of rotatable bonds is 10. The van der Waals surface area contributed by atoms with Gasteiger partial charge in [-0.1, -0.05) is 61.2 Å². The molecule has 0 bridgehead atoms. The summed E-state index contributed by atoms with van der Waals surface area (Å²) in [7, 11) is 0. The second-order valence-corrected chi connectivity index (χ2v) is 10.1. The van der Waals surface area contributed by atoms with E-state index in [2.05, 4.69) is 110 Å². The van der Waals surface area contributed by atoms with E-state index in [9.17, 15) is 0 Å². The van der Waals surface area contributed by atoms with Crippen LogP contribution in [0.3, 0.4) is 0 Å². The normalized spacial score (nSPS) is 11.2. The lowest BCUT2D eigenvalue weighted by Gasteiger charge is -2.20. The van der Waals surface area contributed by atoms with Gasteiger partial charge in [-0.3, -0.25) is 4.90 Å². The molecule has 0 spiro atoms. The van der Waals surface area contributed by atoms with Crippen molar-refractivity contribution in [3.63, 3.8) is 0 Å². The van der Waals surface area contributed by atoms with Gasteiger partial charge in [0.1, 0.15) is 12.4 Å². The first kappa shape index (κ1) is 27.7. The molecule has 0 unspecified atom stereocenters. The Morgan fingerprint density at radius 2 is 1.79 bits per heavy atom. The molecule has 0 amide bonds. The van der Waals surface area contributed by atoms with E-state index in [1.165, 1.54) is 22.3 Å². The van der Waals surface area contributed by atoms with Gasteiger partial charge in [-0.2, -0.15) is 11.3 Å². The summed E-state index contributed by atoms with van der Waals surface area (Å²) in [5, 5.41) is 4.27. The summed E-state index contributed by atoms with van der Waals surface area (Å²) < 4.78 is 6.12. The lowest BCUT2D eigenvalue weighted by molar-refractivity contribution is 0.293. The monoisotopic (exact) mass is 493 g/mol. The van der Waals surface area contributed by atoms with Gasteiger partial charge in [0.15, 0.2) is 0 Å². The second kappa shape index (κ2) is 14.0. The van der Waals surface area contributed by atoms with Crippen LogP contribution in [0.25, 0.3) is 11.1 Å². The molecule has 0 atom stereocenters. The Kier molecular flexibility index (Phi) is 11.4. The van der Waals surface area contributed by atoms with Crippen LogP contribution in [0.4, 0.5) is 0 Å². The molecule has 180 valence electrons. The van der Waals surface area contributed by atoms with Crippen molar-refractivity contribution in [1.29, 1.82) is 0 Å². The van der Waals surface area contributed by atoms with Gasteiger partial charge >= 0.3 is 0 Å². The van der Waals surface area contributed by atoms with Crippen LogP contribution < -0.4 is 4.74 Å². The highest BCUT2D eigenvalue weighted by atomic mass is 35.5. The number of ether oxygens (including phenoxy) is 1. The van der Waals surface area contributed by atoms with Crippen LogP contribution in [0.5, 0.6) is 5.75 Å². The van der Waals surface area contributed by atoms with Crippen LogP contribution in [0, 0.1) is 17.3 Å². The Bertz CT molecular complexity index is 1090. The number of allylic oxidation sites excluding steroid dienone is 1. The summed E-state index contributed by atoms with van der Waals surface area (Å²) in [6.07, 6.45) is 5.29. The van der Waals surface area contributed by atoms with E-state index in [1.807, 2.05) is 12.1 Å². The van der Waals surface area contributed by atoms with Crippen LogP contribution in [-0.4, -0.2) is 18.0 Å². The minimum atomic E-state index is 0. The van der Waals surface area contributed by atoms with Crippen molar-refractivity contribution in [1.82, 2.24) is 4.90 Å². The minimum Gasteiger partial charge on any atom is -0.489 e. The molecule has 0 radical (unpaired) electrons. The molecule has 34 heavy (non-hydrogen) atoms. The van der Waals surface area contributed by atoms with Crippen LogP contribution in [0.1, 0.15) is 45.2 Å². The molecule has 2 nitrogen and oxygen atoms in total. The summed E-state index contributed by atoms with van der Waals surface area (Å²) in [4.78, 5) is 2.46. The number of hydrogen-bond acceptors (Lipinski definition) is 3. The maximum absolute atomic E-state index is 6.12. The van der Waals surface area contributed by atoms with Gasteiger partial charge in [0, 0.05) is 18.5 Å². The van der Waals surface area contributed by atoms with Crippen LogP contribution in [0.2, 0.25) is 0 Å². The molecule has 4 heteroatoms. The highest BCUT2D eigenvalue weighted by molar-refractivity contribution is 7.08. The number of benzene rings is 2. The Balaban J connectivity index is 0.00000408. The Labute approximate surface area is 216 Å². The lowest BCUT2D eigenvalue weighted by atomic mass is 9.98. The highest BCUT2D eigenvalue weighted by Crippen LogP contribution is 2.26. The van der Waals surface area contributed by atoms with E-state index in [1.54, 1.807) is 11.3 Å². The van der Waals surface area contributed by atoms with E-state index in [-0.39, 0.29) is 17.8 Å². The zero-order valence-electron chi connectivity index (χ0n) is 20.7. The average molecular weight is 494 g/mol. The summed E-state index contributed by atoms with van der Waals surface area (Å²) in [5.41, 5.74) is 4.98. The van der Waals surface area contributed by atoms with Gasteiger partial charge in [-0.25, -0.2) is 0 Å². The molecule has 0 aliphatic carbocycles. The number of halogens is 1. The molecular formula is C30H36ClNOS. The molecule has 0 aliphatic rings. The maximum Gasteiger partial charge on any atom is 0.120 e. The van der Waals surface area contributed by atoms with Crippen LogP contribution in [0.15, 0.2) is 77.5 Å². The number of hydrogen-bond donors (Lipinski definition) is 0. The lowest BCUT2D eigenvalue weighted by Crippen LogP contribution is -2.24. The molecule has 0 aliphatic heterocycles. The van der Waals surface area contributed by atoms with Crippen molar-refractivity contribution in [3.05, 3.63) is 88.6 Å². The number of nitrogens with zero attached hydrogens (tertiary/aromatic N) is 1. The van der Waals surface area contributed by atoms with Crippen molar-refractivity contribution in [3.8, 4) is 28.7 Å². The van der Waals surface area contributed by atoms with E-state index in [0.717, 1.165) is 31.8 Å². The second-order valence-electron chi connectivity index (χ2n) is 9.31. The third kappa shape index (κ3) is 9.77. The Morgan fingerprint density at radius 1 is 1.00 bits per heavy atom. The first-order chi connectivity index (χ1) is 15.9. The quantitative estimate of drug-likeness (QED) is 0.264. The van der Waals surface area contributed by atoms with E-state index < -0.39 is 0 Å². The summed E-state index contributed by atoms with van der Waals surface area (Å²) in [5.74, 6) is 7.32. The van der Waals surface area contributed by atoms with Crippen molar-refractivity contribution in [2.75, 3.05) is 13.1 Å². The molecular weight excluding hydrogens is 458 g/mol. The van der Waals surface area contributed by atoms with Crippen LogP contribution >= 0.6 is 23.7 Å². The first-order valence-electron chi connectivity index (χ1n) is 11.7. The zero-order chi connectivity index (χ0) is 23.5. The fourth-order valence-corrected chi connectivity index (χ4v) is 4.17. The van der Waals surface area contributed by atoms with Crippen molar-refractivity contribution < 1.29 is 4.74 Å². The van der Waals surface area contributed by atoms with Gasteiger partial charge in [-0.15, -0.1) is 12.4 Å². The first-order valence-corrected chi connectivity index (χ1v) is 12.6. The molecule has 0 N–H and O–H groups in total. The Hall–Kier alpha value is -2.51. The zero-order valence-corrected chi connectivity index (χ0v) is 22.3. The SMILES string of the molecule is CCCN(C/C=C/C#CC(C)(C)C)Cc1cccc(COc2cccc(-c3ccsc3)c2)c1.Cl. The fraction of sp³-hybridized carbons (Fsp3) is 0.333. The fourth-order valence-electron chi connectivity index (χ4n) is 3.51. The maximum atomic E-state index is 6.12. The molecule has 1 aromatic heterocycles. The van der Waals surface area contributed by atoms with Crippen molar-refractivity contribution in [2.45, 2.75) is 47.3 Å². The standard InChI is InChI=1S/C30H35NOS.ClH/c1-5-17-31(18-8-6-7-16-30(2,3)4)22-25-11-9-12-26(20-25)23-32-29-14-10-13-27(21-29)28-15-19-33-24-28;/h6,8-15,19-21,24H,5,17-18,22-23H2,1-4H3;1H/b8-6+;. The summed E-state index contributed by atoms with van der Waals surface area (Å²) in [6.45, 7) is 12.1. The largest absolute Gasteiger partial charge is 0.489 e. The average Bonchev–Trinajstić information content (AvgIpc) is 3.32. The van der Waals surface area contributed by atoms with Crippen molar-refractivity contribution >= 4 is 23.7 Å². The topological polar surface area (TPSA) is 12.5 Å². The van der Waals surface area contributed by atoms with E-state index in [4.69, 9.17) is 4.74 Å². The third-order valence-electron chi connectivity index (χ3n) is 5.04. The van der Waals surface area contributed by atoms with Gasteiger partial charge < -0.3 is 4.74 Å². The number of thiophene rings is 1. The van der Waals surface area contributed by atoms with Gasteiger partial charge in [0.2, 0.25) is 0 Å². The summed E-state index contributed by atoms with van der Waals surface area (Å²) in [6, 6.07) is 19.2. The highest BCUT2D eigenvalue weighted by Gasteiger charge is 2.06. The molecule has 3 rings (SSSR count). The predicted octanol–water partition coefficient (Wildman–Crippen LogP) is 8.23. The van der Waals surface area contributed by atoms with Gasteiger partial charge in [-0.05, 0) is 91.0 Å². The van der Waals surface area contributed by atoms with Crippen molar-refractivity contribution in [2.24, 2.45) is 5.41 Å². The molecule has 0 fully saturated rings. The summed E-state index contributed by atoms with van der Waals surface area (Å²) >= 11 is 1.71. The minimum absolute atomic E-state index is 0. The molecule has 0 saturated heterocycles. The third-order valence-corrected chi connectivity index (χ3v) is 5.73.